The van der Waals surface area contributed by atoms with Crippen LogP contribution in [0.15, 0.2) is 48.8 Å². The number of imide groups is 1. The van der Waals surface area contributed by atoms with Crippen molar-refractivity contribution in [3.8, 4) is 0 Å². The third-order valence-electron chi connectivity index (χ3n) is 4.43. The highest BCUT2D eigenvalue weighted by Gasteiger charge is 2.37. The summed E-state index contributed by atoms with van der Waals surface area (Å²) in [6, 6.07) is 9.99. The van der Waals surface area contributed by atoms with Gasteiger partial charge in [-0.1, -0.05) is 18.2 Å². The zero-order valence-electron chi connectivity index (χ0n) is 15.3. The first-order chi connectivity index (χ1) is 13.5. The molecule has 28 heavy (non-hydrogen) atoms. The van der Waals surface area contributed by atoms with Gasteiger partial charge in [-0.2, -0.15) is 0 Å². The molecule has 8 heteroatoms. The summed E-state index contributed by atoms with van der Waals surface area (Å²) < 4.78 is 4.63. The van der Waals surface area contributed by atoms with E-state index in [1.807, 2.05) is 0 Å². The standard InChI is InChI=1S/C20H19N3O5/c1-28-18(25)8-10-22(12-14-5-4-9-21-11-14)17(24)13-23-19(26)15-6-2-3-7-16(15)20(23)27/h2-7,9,11H,8,10,12-13H2,1H3. The smallest absolute Gasteiger partial charge is 0.307 e. The molecule has 0 radical (unpaired) electrons. The van der Waals surface area contributed by atoms with Crippen molar-refractivity contribution in [2.24, 2.45) is 0 Å². The molecule has 1 aromatic heterocycles. The number of carbonyl (C=O) groups excluding carboxylic acids is 4. The second kappa shape index (κ2) is 8.43. The van der Waals surface area contributed by atoms with E-state index in [1.54, 1.807) is 48.8 Å². The molecule has 1 aliphatic rings. The van der Waals surface area contributed by atoms with E-state index < -0.39 is 30.2 Å². The molecule has 0 aliphatic carbocycles. The van der Waals surface area contributed by atoms with Crippen LogP contribution in [0.25, 0.3) is 0 Å². The average Bonchev–Trinajstić information content (AvgIpc) is 2.96. The lowest BCUT2D eigenvalue weighted by Crippen LogP contribution is -2.43. The molecule has 2 aromatic rings. The Morgan fingerprint density at radius 3 is 2.32 bits per heavy atom. The summed E-state index contributed by atoms with van der Waals surface area (Å²) in [6.07, 6.45) is 3.23. The van der Waals surface area contributed by atoms with Crippen LogP contribution in [0, 0.1) is 0 Å². The summed E-state index contributed by atoms with van der Waals surface area (Å²) in [6.45, 7) is -0.0931. The molecule has 3 rings (SSSR count). The molecule has 0 spiro atoms. The number of fused-ring (bicyclic) bond motifs is 1. The first-order valence-corrected chi connectivity index (χ1v) is 8.70. The third kappa shape index (κ3) is 4.06. The number of carbonyl (C=O) groups is 4. The number of ether oxygens (including phenoxy) is 1. The zero-order chi connectivity index (χ0) is 20.1. The molecule has 0 unspecified atom stereocenters. The van der Waals surface area contributed by atoms with Crippen LogP contribution >= 0.6 is 0 Å². The SMILES string of the molecule is COC(=O)CCN(Cc1cccnc1)C(=O)CN1C(=O)c2ccccc2C1=O. The van der Waals surface area contributed by atoms with Gasteiger partial charge in [-0.25, -0.2) is 0 Å². The Morgan fingerprint density at radius 2 is 1.75 bits per heavy atom. The van der Waals surface area contributed by atoms with Crippen LogP contribution < -0.4 is 0 Å². The van der Waals surface area contributed by atoms with Gasteiger partial charge in [0, 0.05) is 25.5 Å². The molecular formula is C20H19N3O5. The Balaban J connectivity index is 1.74. The van der Waals surface area contributed by atoms with Crippen LogP contribution in [0.3, 0.4) is 0 Å². The van der Waals surface area contributed by atoms with Gasteiger partial charge in [0.15, 0.2) is 0 Å². The minimum absolute atomic E-state index is 0.00458. The maximum atomic E-state index is 12.9. The third-order valence-corrected chi connectivity index (χ3v) is 4.43. The fourth-order valence-corrected chi connectivity index (χ4v) is 2.95. The van der Waals surface area contributed by atoms with Gasteiger partial charge in [0.2, 0.25) is 5.91 Å². The van der Waals surface area contributed by atoms with Crippen LogP contribution in [0.4, 0.5) is 0 Å². The van der Waals surface area contributed by atoms with Crippen molar-refractivity contribution in [3.63, 3.8) is 0 Å². The van der Waals surface area contributed by atoms with Gasteiger partial charge in [0.25, 0.3) is 11.8 Å². The monoisotopic (exact) mass is 381 g/mol. The van der Waals surface area contributed by atoms with E-state index in [-0.39, 0.29) is 30.6 Å². The molecule has 1 aliphatic heterocycles. The van der Waals surface area contributed by atoms with Gasteiger partial charge >= 0.3 is 5.97 Å². The second-order valence-corrected chi connectivity index (χ2v) is 6.24. The number of amides is 3. The molecule has 0 saturated carbocycles. The van der Waals surface area contributed by atoms with Crippen molar-refractivity contribution in [1.82, 2.24) is 14.8 Å². The Kier molecular flexibility index (Phi) is 5.78. The van der Waals surface area contributed by atoms with Crippen molar-refractivity contribution < 1.29 is 23.9 Å². The minimum Gasteiger partial charge on any atom is -0.469 e. The normalized spacial score (nSPS) is 12.7. The molecule has 0 atom stereocenters. The topological polar surface area (TPSA) is 96.9 Å². The highest BCUT2D eigenvalue weighted by Crippen LogP contribution is 2.22. The summed E-state index contributed by atoms with van der Waals surface area (Å²) in [4.78, 5) is 55.7. The van der Waals surface area contributed by atoms with Crippen molar-refractivity contribution in [2.75, 3.05) is 20.2 Å². The summed E-state index contributed by atoms with van der Waals surface area (Å²) in [5.74, 6) is -1.89. The van der Waals surface area contributed by atoms with E-state index in [4.69, 9.17) is 0 Å². The quantitative estimate of drug-likeness (QED) is 0.529. The number of nitrogens with zero attached hydrogens (tertiary/aromatic N) is 3. The van der Waals surface area contributed by atoms with E-state index in [0.29, 0.717) is 0 Å². The van der Waals surface area contributed by atoms with Crippen molar-refractivity contribution in [3.05, 3.63) is 65.5 Å². The van der Waals surface area contributed by atoms with Gasteiger partial charge in [0.1, 0.15) is 6.54 Å². The van der Waals surface area contributed by atoms with Crippen LogP contribution in [0.5, 0.6) is 0 Å². The first-order valence-electron chi connectivity index (χ1n) is 8.70. The predicted octanol–water partition coefficient (Wildman–Crippen LogP) is 1.27. The van der Waals surface area contributed by atoms with Crippen LogP contribution in [0.1, 0.15) is 32.7 Å². The summed E-state index contributed by atoms with van der Waals surface area (Å²) in [5.41, 5.74) is 1.34. The van der Waals surface area contributed by atoms with Crippen molar-refractivity contribution >= 4 is 23.7 Å². The van der Waals surface area contributed by atoms with Gasteiger partial charge in [-0.3, -0.25) is 29.1 Å². The van der Waals surface area contributed by atoms with E-state index >= 15 is 0 Å². The lowest BCUT2D eigenvalue weighted by molar-refractivity contribution is -0.142. The van der Waals surface area contributed by atoms with Gasteiger partial charge in [-0.05, 0) is 23.8 Å². The van der Waals surface area contributed by atoms with Gasteiger partial charge < -0.3 is 9.64 Å². The molecule has 0 fully saturated rings. The molecule has 2 heterocycles. The van der Waals surface area contributed by atoms with E-state index in [9.17, 15) is 19.2 Å². The maximum absolute atomic E-state index is 12.9. The zero-order valence-corrected chi connectivity index (χ0v) is 15.3. The first kappa shape index (κ1) is 19.2. The Hall–Kier alpha value is -3.55. The maximum Gasteiger partial charge on any atom is 0.307 e. The van der Waals surface area contributed by atoms with Crippen LogP contribution in [0.2, 0.25) is 0 Å². The summed E-state index contributed by atoms with van der Waals surface area (Å²) >= 11 is 0. The summed E-state index contributed by atoms with van der Waals surface area (Å²) in [7, 11) is 1.27. The Labute approximate surface area is 161 Å². The molecule has 3 amide bonds. The number of aromatic nitrogens is 1. The average molecular weight is 381 g/mol. The van der Waals surface area contributed by atoms with Crippen LogP contribution in [-0.4, -0.2) is 58.7 Å². The van der Waals surface area contributed by atoms with E-state index in [2.05, 4.69) is 9.72 Å². The van der Waals surface area contributed by atoms with Crippen LogP contribution in [-0.2, 0) is 20.9 Å². The molecule has 0 bridgehead atoms. The number of rotatable bonds is 7. The number of hydrogen-bond acceptors (Lipinski definition) is 6. The molecule has 8 nitrogen and oxygen atoms in total. The fraction of sp³-hybridized carbons (Fsp3) is 0.250. The number of pyridine rings is 1. The second-order valence-electron chi connectivity index (χ2n) is 6.24. The highest BCUT2D eigenvalue weighted by molar-refractivity contribution is 6.22. The fourth-order valence-electron chi connectivity index (χ4n) is 2.95. The molecule has 1 aromatic carbocycles. The van der Waals surface area contributed by atoms with E-state index in [1.165, 1.54) is 12.0 Å². The van der Waals surface area contributed by atoms with Crippen molar-refractivity contribution in [2.45, 2.75) is 13.0 Å². The number of hydrogen-bond donors (Lipinski definition) is 0. The number of methoxy groups -OCH3 is 1. The lowest BCUT2D eigenvalue weighted by atomic mass is 10.1. The van der Waals surface area contributed by atoms with Crippen molar-refractivity contribution in [1.29, 1.82) is 0 Å². The van der Waals surface area contributed by atoms with Gasteiger partial charge in [-0.15, -0.1) is 0 Å². The van der Waals surface area contributed by atoms with E-state index in [0.717, 1.165) is 10.5 Å². The molecule has 0 N–H and O–H groups in total. The molecule has 144 valence electrons. The number of esters is 1. The Morgan fingerprint density at radius 1 is 1.07 bits per heavy atom. The highest BCUT2D eigenvalue weighted by atomic mass is 16.5. The lowest BCUT2D eigenvalue weighted by Gasteiger charge is -2.24. The predicted molar refractivity (Wildman–Crippen MR) is 98.1 cm³/mol. The summed E-state index contributed by atoms with van der Waals surface area (Å²) in [5, 5.41) is 0. The minimum atomic E-state index is -0.497. The largest absolute Gasteiger partial charge is 0.469 e. The Bertz CT molecular complexity index is 878. The molecular weight excluding hydrogens is 362 g/mol. The number of benzene rings is 1. The molecule has 0 saturated heterocycles. The van der Waals surface area contributed by atoms with Gasteiger partial charge in [0.05, 0.1) is 24.7 Å².